The third kappa shape index (κ3) is 5.72. The molecule has 0 aliphatic heterocycles. The Morgan fingerprint density at radius 3 is 2.71 bits per heavy atom. The Hall–Kier alpha value is -1.04. The molecule has 0 aliphatic rings. The minimum atomic E-state index is 0.146. The van der Waals surface area contributed by atoms with Crippen LogP contribution >= 0.6 is 0 Å². The molecule has 1 N–H and O–H groups in total. The quantitative estimate of drug-likeness (QED) is 0.656. The summed E-state index contributed by atoms with van der Waals surface area (Å²) in [6.45, 7) is 4.92. The predicted octanol–water partition coefficient (Wildman–Crippen LogP) is 1.18. The summed E-state index contributed by atoms with van der Waals surface area (Å²) < 4.78 is 10.5. The average molecular weight is 239 g/mol. The summed E-state index contributed by atoms with van der Waals surface area (Å²) in [4.78, 5) is 8.05. The van der Waals surface area contributed by atoms with Gasteiger partial charge in [-0.05, 0) is 13.0 Å². The Morgan fingerprint density at radius 2 is 2.06 bits per heavy atom. The van der Waals surface area contributed by atoms with Crippen LogP contribution in [0.5, 0.6) is 0 Å². The van der Waals surface area contributed by atoms with E-state index in [-0.39, 0.29) is 6.04 Å². The number of hydrogen-bond acceptors (Lipinski definition) is 5. The van der Waals surface area contributed by atoms with Gasteiger partial charge in [0.2, 0.25) is 0 Å². The predicted molar refractivity (Wildman–Crippen MR) is 65.8 cm³/mol. The largest absolute Gasteiger partial charge is 0.382 e. The second-order valence-corrected chi connectivity index (χ2v) is 3.75. The molecule has 0 bridgehead atoms. The lowest BCUT2D eigenvalue weighted by Crippen LogP contribution is -2.27. The van der Waals surface area contributed by atoms with Crippen molar-refractivity contribution in [3.05, 3.63) is 24.3 Å². The molecule has 1 rings (SSSR count). The highest BCUT2D eigenvalue weighted by Crippen LogP contribution is 2.10. The molecule has 0 saturated heterocycles. The fraction of sp³-hybridized carbons (Fsp3) is 0.667. The molecule has 0 aliphatic carbocycles. The zero-order chi connectivity index (χ0) is 12.3. The van der Waals surface area contributed by atoms with Gasteiger partial charge in [0.25, 0.3) is 0 Å². The van der Waals surface area contributed by atoms with Gasteiger partial charge in [-0.15, -0.1) is 0 Å². The topological polar surface area (TPSA) is 56.3 Å². The molecule has 5 nitrogen and oxygen atoms in total. The summed E-state index contributed by atoms with van der Waals surface area (Å²) in [5.41, 5.74) is 1.05. The zero-order valence-corrected chi connectivity index (χ0v) is 10.6. The Bertz CT molecular complexity index is 282. The van der Waals surface area contributed by atoms with Crippen LogP contribution in [0.2, 0.25) is 0 Å². The maximum Gasteiger partial charge on any atom is 0.115 e. The molecule has 17 heavy (non-hydrogen) atoms. The molecule has 0 saturated carbocycles. The summed E-state index contributed by atoms with van der Waals surface area (Å²) in [5, 5.41) is 3.42. The van der Waals surface area contributed by atoms with Gasteiger partial charge in [0, 0.05) is 25.1 Å². The molecule has 1 heterocycles. The lowest BCUT2D eigenvalue weighted by molar-refractivity contribution is 0.0585. The maximum atomic E-state index is 5.54. The fourth-order valence-electron chi connectivity index (χ4n) is 1.43. The van der Waals surface area contributed by atoms with Gasteiger partial charge in [-0.25, -0.2) is 9.97 Å². The van der Waals surface area contributed by atoms with Crippen molar-refractivity contribution in [1.29, 1.82) is 0 Å². The van der Waals surface area contributed by atoms with Crippen LogP contribution in [0.15, 0.2) is 18.7 Å². The summed E-state index contributed by atoms with van der Waals surface area (Å²) in [5.74, 6) is 0. The lowest BCUT2D eigenvalue weighted by Gasteiger charge is -2.18. The summed E-state index contributed by atoms with van der Waals surface area (Å²) in [6, 6.07) is 0.146. The highest BCUT2D eigenvalue weighted by Gasteiger charge is 2.10. The number of methoxy groups -OCH3 is 1. The molecular weight excluding hydrogens is 218 g/mol. The number of hydrogen-bond donors (Lipinski definition) is 1. The SMILES string of the molecule is CCCNC(COCCOC)c1cncnc1. The first-order valence-corrected chi connectivity index (χ1v) is 5.93. The van der Waals surface area contributed by atoms with Crippen molar-refractivity contribution in [3.63, 3.8) is 0 Å². The Balaban J connectivity index is 2.43. The molecule has 1 unspecified atom stereocenters. The molecule has 1 atom stereocenters. The number of ether oxygens (including phenoxy) is 2. The van der Waals surface area contributed by atoms with Gasteiger partial charge in [-0.1, -0.05) is 6.92 Å². The van der Waals surface area contributed by atoms with Crippen molar-refractivity contribution >= 4 is 0 Å². The van der Waals surface area contributed by atoms with Crippen molar-refractivity contribution in [3.8, 4) is 0 Å². The van der Waals surface area contributed by atoms with Crippen LogP contribution in [0.25, 0.3) is 0 Å². The molecule has 0 amide bonds. The summed E-state index contributed by atoms with van der Waals surface area (Å²) >= 11 is 0. The van der Waals surface area contributed by atoms with E-state index in [1.54, 1.807) is 7.11 Å². The first-order valence-electron chi connectivity index (χ1n) is 5.93. The molecule has 0 radical (unpaired) electrons. The first-order chi connectivity index (χ1) is 8.38. The highest BCUT2D eigenvalue weighted by molar-refractivity contribution is 5.09. The molecule has 1 aromatic heterocycles. The van der Waals surface area contributed by atoms with E-state index < -0.39 is 0 Å². The number of nitrogens with one attached hydrogen (secondary N) is 1. The van der Waals surface area contributed by atoms with E-state index in [9.17, 15) is 0 Å². The molecule has 0 spiro atoms. The van der Waals surface area contributed by atoms with Gasteiger partial charge in [-0.3, -0.25) is 0 Å². The minimum Gasteiger partial charge on any atom is -0.382 e. The zero-order valence-electron chi connectivity index (χ0n) is 10.6. The van der Waals surface area contributed by atoms with Crippen molar-refractivity contribution in [2.24, 2.45) is 0 Å². The van der Waals surface area contributed by atoms with Crippen LogP contribution in [0.1, 0.15) is 24.9 Å². The van der Waals surface area contributed by atoms with Gasteiger partial charge in [0.05, 0.1) is 25.9 Å². The van der Waals surface area contributed by atoms with Gasteiger partial charge in [0.1, 0.15) is 6.33 Å². The van der Waals surface area contributed by atoms with Gasteiger partial charge in [0.15, 0.2) is 0 Å². The Morgan fingerprint density at radius 1 is 1.29 bits per heavy atom. The third-order valence-corrected chi connectivity index (χ3v) is 2.34. The van der Waals surface area contributed by atoms with E-state index in [1.807, 2.05) is 12.4 Å². The van der Waals surface area contributed by atoms with Crippen LogP contribution in [0.4, 0.5) is 0 Å². The normalized spacial score (nSPS) is 12.6. The van der Waals surface area contributed by atoms with E-state index in [0.29, 0.717) is 19.8 Å². The van der Waals surface area contributed by atoms with Gasteiger partial charge >= 0.3 is 0 Å². The van der Waals surface area contributed by atoms with E-state index in [2.05, 4.69) is 22.2 Å². The average Bonchev–Trinajstić information content (AvgIpc) is 2.39. The molecule has 0 aromatic carbocycles. The Kier molecular flexibility index (Phi) is 7.46. The van der Waals surface area contributed by atoms with E-state index in [1.165, 1.54) is 6.33 Å². The van der Waals surface area contributed by atoms with E-state index in [0.717, 1.165) is 18.5 Å². The number of rotatable bonds is 9. The molecule has 5 heteroatoms. The maximum absolute atomic E-state index is 5.54. The minimum absolute atomic E-state index is 0.146. The van der Waals surface area contributed by atoms with Crippen LogP contribution < -0.4 is 5.32 Å². The molecule has 0 fully saturated rings. The number of nitrogens with zero attached hydrogens (tertiary/aromatic N) is 2. The monoisotopic (exact) mass is 239 g/mol. The smallest absolute Gasteiger partial charge is 0.115 e. The third-order valence-electron chi connectivity index (χ3n) is 2.34. The molecule has 96 valence electrons. The molecular formula is C12H21N3O2. The second-order valence-electron chi connectivity index (χ2n) is 3.75. The summed E-state index contributed by atoms with van der Waals surface area (Å²) in [6.07, 6.45) is 6.26. The van der Waals surface area contributed by atoms with Crippen LogP contribution in [-0.4, -0.2) is 43.4 Å². The van der Waals surface area contributed by atoms with E-state index in [4.69, 9.17) is 9.47 Å². The van der Waals surface area contributed by atoms with Crippen LogP contribution in [0, 0.1) is 0 Å². The summed E-state index contributed by atoms with van der Waals surface area (Å²) in [7, 11) is 1.67. The van der Waals surface area contributed by atoms with Crippen molar-refractivity contribution < 1.29 is 9.47 Å². The van der Waals surface area contributed by atoms with Crippen molar-refractivity contribution in [2.45, 2.75) is 19.4 Å². The number of aromatic nitrogens is 2. The standard InChI is InChI=1S/C12H21N3O2/c1-3-4-15-12(9-17-6-5-16-2)11-7-13-10-14-8-11/h7-8,10,12,15H,3-6,9H2,1-2H3. The van der Waals surface area contributed by atoms with Gasteiger partial charge in [-0.2, -0.15) is 0 Å². The van der Waals surface area contributed by atoms with Crippen LogP contribution in [-0.2, 0) is 9.47 Å². The second kappa shape index (κ2) is 9.04. The van der Waals surface area contributed by atoms with E-state index >= 15 is 0 Å². The molecule has 1 aromatic rings. The van der Waals surface area contributed by atoms with Gasteiger partial charge < -0.3 is 14.8 Å². The fourth-order valence-corrected chi connectivity index (χ4v) is 1.43. The Labute approximate surface area is 103 Å². The highest BCUT2D eigenvalue weighted by atomic mass is 16.5. The van der Waals surface area contributed by atoms with Crippen molar-refractivity contribution in [1.82, 2.24) is 15.3 Å². The lowest BCUT2D eigenvalue weighted by atomic mass is 10.1. The van der Waals surface area contributed by atoms with Crippen LogP contribution in [0.3, 0.4) is 0 Å². The first kappa shape index (κ1) is 14.0. The van der Waals surface area contributed by atoms with Crippen molar-refractivity contribution in [2.75, 3.05) is 33.5 Å².